The van der Waals surface area contributed by atoms with Crippen LogP contribution in [0.3, 0.4) is 0 Å². The van der Waals surface area contributed by atoms with Gasteiger partial charge in [-0.25, -0.2) is 12.7 Å². The highest BCUT2D eigenvalue weighted by atomic mass is 32.2. The zero-order valence-electron chi connectivity index (χ0n) is 12.9. The first-order valence-corrected chi connectivity index (χ1v) is 10.4. The first-order valence-electron chi connectivity index (χ1n) is 7.28. The highest BCUT2D eigenvalue weighted by Gasteiger charge is 2.25. The van der Waals surface area contributed by atoms with Crippen LogP contribution in [0, 0.1) is 5.92 Å². The van der Waals surface area contributed by atoms with E-state index >= 15 is 0 Å². The summed E-state index contributed by atoms with van der Waals surface area (Å²) in [6.45, 7) is 1.68. The fourth-order valence-electron chi connectivity index (χ4n) is 2.61. The van der Waals surface area contributed by atoms with Crippen LogP contribution >= 0.6 is 11.8 Å². The zero-order chi connectivity index (χ0) is 16.2. The normalized spacial score (nSPS) is 17.4. The molecule has 1 fully saturated rings. The second kappa shape index (κ2) is 7.48. The summed E-state index contributed by atoms with van der Waals surface area (Å²) in [5.74, 6) is 0.277. The number of benzene rings is 1. The van der Waals surface area contributed by atoms with Crippen LogP contribution in [-0.2, 0) is 10.0 Å². The number of amides is 1. The SMILES string of the molecule is CSc1ccccc1C(=O)NCC1CCN(S(C)(=O)=O)CC1. The lowest BCUT2D eigenvalue weighted by molar-refractivity contribution is 0.0938. The topological polar surface area (TPSA) is 66.5 Å². The van der Waals surface area contributed by atoms with Crippen molar-refractivity contribution in [1.29, 1.82) is 0 Å². The number of hydrogen-bond donors (Lipinski definition) is 1. The molecular weight excluding hydrogens is 320 g/mol. The van der Waals surface area contributed by atoms with Crippen molar-refractivity contribution >= 4 is 27.7 Å². The Hall–Kier alpha value is -1.05. The van der Waals surface area contributed by atoms with Gasteiger partial charge in [-0.15, -0.1) is 11.8 Å². The van der Waals surface area contributed by atoms with Crippen molar-refractivity contribution in [2.45, 2.75) is 17.7 Å². The molecule has 0 aromatic heterocycles. The Morgan fingerprint density at radius 2 is 1.95 bits per heavy atom. The van der Waals surface area contributed by atoms with Crippen LogP contribution in [0.25, 0.3) is 0 Å². The summed E-state index contributed by atoms with van der Waals surface area (Å²) in [5, 5.41) is 2.98. The quantitative estimate of drug-likeness (QED) is 0.829. The van der Waals surface area contributed by atoms with Crippen molar-refractivity contribution in [2.75, 3.05) is 32.1 Å². The molecule has 122 valence electrons. The monoisotopic (exact) mass is 342 g/mol. The number of hydrogen-bond acceptors (Lipinski definition) is 4. The maximum Gasteiger partial charge on any atom is 0.252 e. The fraction of sp³-hybridized carbons (Fsp3) is 0.533. The fourth-order valence-corrected chi connectivity index (χ4v) is 4.08. The van der Waals surface area contributed by atoms with E-state index in [0.29, 0.717) is 31.1 Å². The maximum atomic E-state index is 12.3. The molecule has 0 unspecified atom stereocenters. The molecule has 1 amide bonds. The third-order valence-corrected chi connectivity index (χ3v) is 6.04. The molecule has 0 aliphatic carbocycles. The molecule has 0 saturated carbocycles. The highest BCUT2D eigenvalue weighted by molar-refractivity contribution is 7.98. The molecule has 0 atom stereocenters. The average molecular weight is 342 g/mol. The Morgan fingerprint density at radius 1 is 1.32 bits per heavy atom. The van der Waals surface area contributed by atoms with Gasteiger partial charge < -0.3 is 5.32 Å². The van der Waals surface area contributed by atoms with Gasteiger partial charge >= 0.3 is 0 Å². The van der Waals surface area contributed by atoms with Gasteiger partial charge in [0.25, 0.3) is 5.91 Å². The number of piperidine rings is 1. The van der Waals surface area contributed by atoms with Gasteiger partial charge in [0.05, 0.1) is 11.8 Å². The number of carbonyl (C=O) groups excluding carboxylic acids is 1. The van der Waals surface area contributed by atoms with Crippen LogP contribution in [0.5, 0.6) is 0 Å². The lowest BCUT2D eigenvalue weighted by atomic mass is 9.98. The van der Waals surface area contributed by atoms with E-state index in [1.807, 2.05) is 30.5 Å². The molecule has 0 radical (unpaired) electrons. The molecule has 1 saturated heterocycles. The minimum atomic E-state index is -3.09. The van der Waals surface area contributed by atoms with E-state index in [9.17, 15) is 13.2 Å². The third kappa shape index (κ3) is 4.47. The number of carbonyl (C=O) groups is 1. The molecule has 1 aliphatic rings. The van der Waals surface area contributed by atoms with Crippen molar-refractivity contribution in [3.63, 3.8) is 0 Å². The Labute approximate surface area is 136 Å². The predicted octanol–water partition coefficient (Wildman–Crippen LogP) is 1.81. The third-order valence-electron chi connectivity index (χ3n) is 3.95. The van der Waals surface area contributed by atoms with Gasteiger partial charge in [-0.3, -0.25) is 4.79 Å². The zero-order valence-corrected chi connectivity index (χ0v) is 14.5. The Kier molecular flexibility index (Phi) is 5.88. The summed E-state index contributed by atoms with van der Waals surface area (Å²) >= 11 is 1.55. The molecule has 0 bridgehead atoms. The molecule has 0 spiro atoms. The predicted molar refractivity (Wildman–Crippen MR) is 89.7 cm³/mol. The molecule has 1 heterocycles. The lowest BCUT2D eigenvalue weighted by Gasteiger charge is -2.30. The summed E-state index contributed by atoms with van der Waals surface area (Å²) in [6.07, 6.45) is 4.77. The van der Waals surface area contributed by atoms with Gasteiger partial charge in [-0.1, -0.05) is 12.1 Å². The van der Waals surface area contributed by atoms with Crippen LogP contribution in [0.4, 0.5) is 0 Å². The van der Waals surface area contributed by atoms with Gasteiger partial charge in [0.2, 0.25) is 10.0 Å². The molecule has 1 N–H and O–H groups in total. The molecular formula is C15H22N2O3S2. The second-order valence-corrected chi connectivity index (χ2v) is 8.35. The minimum absolute atomic E-state index is 0.0597. The van der Waals surface area contributed by atoms with Crippen molar-refractivity contribution < 1.29 is 13.2 Å². The summed E-state index contributed by atoms with van der Waals surface area (Å²) < 4.78 is 24.4. The summed E-state index contributed by atoms with van der Waals surface area (Å²) in [7, 11) is -3.09. The smallest absolute Gasteiger partial charge is 0.252 e. The van der Waals surface area contributed by atoms with Gasteiger partial charge in [-0.2, -0.15) is 0 Å². The highest BCUT2D eigenvalue weighted by Crippen LogP contribution is 2.21. The van der Waals surface area contributed by atoms with Crippen LogP contribution in [0.2, 0.25) is 0 Å². The van der Waals surface area contributed by atoms with E-state index in [1.54, 1.807) is 11.8 Å². The number of rotatable bonds is 5. The van der Waals surface area contributed by atoms with Crippen LogP contribution in [-0.4, -0.2) is 50.8 Å². The molecule has 1 aliphatic heterocycles. The largest absolute Gasteiger partial charge is 0.352 e. The second-order valence-electron chi connectivity index (χ2n) is 5.52. The number of nitrogens with one attached hydrogen (secondary N) is 1. The average Bonchev–Trinajstić information content (AvgIpc) is 2.52. The number of thioether (sulfide) groups is 1. The Morgan fingerprint density at radius 3 is 2.55 bits per heavy atom. The van der Waals surface area contributed by atoms with Crippen LogP contribution in [0.1, 0.15) is 23.2 Å². The molecule has 5 nitrogen and oxygen atoms in total. The first-order chi connectivity index (χ1) is 10.4. The van der Waals surface area contributed by atoms with E-state index in [4.69, 9.17) is 0 Å². The van der Waals surface area contributed by atoms with E-state index in [-0.39, 0.29) is 5.91 Å². The maximum absolute atomic E-state index is 12.3. The van der Waals surface area contributed by atoms with Crippen molar-refractivity contribution in [1.82, 2.24) is 9.62 Å². The van der Waals surface area contributed by atoms with Gasteiger partial charge in [0.15, 0.2) is 0 Å². The van der Waals surface area contributed by atoms with Crippen molar-refractivity contribution in [3.8, 4) is 0 Å². The molecule has 22 heavy (non-hydrogen) atoms. The van der Waals surface area contributed by atoms with E-state index < -0.39 is 10.0 Å². The lowest BCUT2D eigenvalue weighted by Crippen LogP contribution is -2.41. The Bertz CT molecular complexity index is 623. The van der Waals surface area contributed by atoms with Crippen LogP contribution in [0.15, 0.2) is 29.2 Å². The molecule has 2 rings (SSSR count). The van der Waals surface area contributed by atoms with Crippen molar-refractivity contribution in [2.24, 2.45) is 5.92 Å². The number of nitrogens with zero attached hydrogens (tertiary/aromatic N) is 1. The van der Waals surface area contributed by atoms with E-state index in [2.05, 4.69) is 5.32 Å². The summed E-state index contributed by atoms with van der Waals surface area (Å²) in [4.78, 5) is 13.2. The summed E-state index contributed by atoms with van der Waals surface area (Å²) in [5.41, 5.74) is 0.698. The van der Waals surface area contributed by atoms with Crippen LogP contribution < -0.4 is 5.32 Å². The van der Waals surface area contributed by atoms with E-state index in [0.717, 1.165) is 17.7 Å². The van der Waals surface area contributed by atoms with Gasteiger partial charge in [0.1, 0.15) is 0 Å². The molecule has 1 aromatic rings. The van der Waals surface area contributed by atoms with Gasteiger partial charge in [0, 0.05) is 24.5 Å². The van der Waals surface area contributed by atoms with E-state index in [1.165, 1.54) is 10.6 Å². The molecule has 1 aromatic carbocycles. The Balaban J connectivity index is 1.85. The van der Waals surface area contributed by atoms with Crippen molar-refractivity contribution in [3.05, 3.63) is 29.8 Å². The number of sulfonamides is 1. The standard InChI is InChI=1S/C15H22N2O3S2/c1-21-14-6-4-3-5-13(14)15(18)16-11-12-7-9-17(10-8-12)22(2,19)20/h3-6,12H,7-11H2,1-2H3,(H,16,18). The van der Waals surface area contributed by atoms with Gasteiger partial charge in [-0.05, 0) is 37.1 Å². The minimum Gasteiger partial charge on any atom is -0.352 e. The first kappa shape index (κ1) is 17.3. The summed E-state index contributed by atoms with van der Waals surface area (Å²) in [6, 6.07) is 7.54. The molecule has 7 heteroatoms.